The summed E-state index contributed by atoms with van der Waals surface area (Å²) in [4.78, 5) is 15.4. The van der Waals surface area contributed by atoms with E-state index in [0.717, 1.165) is 12.4 Å². The van der Waals surface area contributed by atoms with Gasteiger partial charge in [-0.15, -0.1) is 0 Å². The molecule has 0 spiro atoms. The predicted molar refractivity (Wildman–Crippen MR) is 72.9 cm³/mol. The van der Waals surface area contributed by atoms with Gasteiger partial charge in [-0.05, 0) is 12.3 Å². The van der Waals surface area contributed by atoms with Crippen LogP contribution in [0.25, 0.3) is 0 Å². The lowest BCUT2D eigenvalue weighted by Gasteiger charge is -2.36. The van der Waals surface area contributed by atoms with Crippen molar-refractivity contribution in [2.75, 3.05) is 12.3 Å². The predicted octanol–water partition coefficient (Wildman–Crippen LogP) is -2.25. The number of anilines is 1. The van der Waals surface area contributed by atoms with Crippen LogP contribution in [0.5, 0.6) is 0 Å². The van der Waals surface area contributed by atoms with E-state index in [0.29, 0.717) is 4.57 Å². The van der Waals surface area contributed by atoms with Gasteiger partial charge in [0.05, 0.1) is 6.61 Å². The number of rotatable bonds is 4. The molecule has 0 radical (unpaired) electrons. The third-order valence-electron chi connectivity index (χ3n) is 3.56. The molecule has 1 aromatic rings. The van der Waals surface area contributed by atoms with Gasteiger partial charge in [0, 0.05) is 12.6 Å². The van der Waals surface area contributed by atoms with Crippen molar-refractivity contribution in [3.8, 4) is 0 Å². The van der Waals surface area contributed by atoms with E-state index in [9.17, 15) is 19.4 Å². The summed E-state index contributed by atoms with van der Waals surface area (Å²) in [5, 5.41) is 29.1. The molecule has 2 heterocycles. The monoisotopic (exact) mass is 316 g/mol. The zero-order valence-electron chi connectivity index (χ0n) is 11.5. The van der Waals surface area contributed by atoms with E-state index < -0.39 is 42.5 Å². The third kappa shape index (κ3) is 2.25. The van der Waals surface area contributed by atoms with Crippen LogP contribution in [0, 0.1) is 0 Å². The van der Waals surface area contributed by atoms with E-state index >= 15 is 0 Å². The quantitative estimate of drug-likeness (QED) is 0.417. The molecule has 9 nitrogen and oxygen atoms in total. The Balaban J connectivity index is 2.65. The fraction of sp³-hybridized carbons (Fsp3) is 0.500. The summed E-state index contributed by atoms with van der Waals surface area (Å²) in [5.41, 5.74) is 7.26. The molecule has 0 bridgehead atoms. The first-order valence-electron chi connectivity index (χ1n) is 6.40. The molecule has 2 rings (SSSR count). The molecule has 122 valence electrons. The molecule has 1 aliphatic rings. The Hall–Kier alpha value is -2.01. The van der Waals surface area contributed by atoms with E-state index in [1.165, 1.54) is 12.1 Å². The lowest BCUT2D eigenvalue weighted by molar-refractivity contribution is -0.259. The number of nitrogens with two attached hydrogens (primary N) is 2. The Morgan fingerprint density at radius 3 is 2.77 bits per heavy atom. The zero-order chi connectivity index (χ0) is 16.5. The van der Waals surface area contributed by atoms with E-state index in [4.69, 9.17) is 21.3 Å². The second-order valence-corrected chi connectivity index (χ2v) is 4.88. The van der Waals surface area contributed by atoms with Gasteiger partial charge in [-0.1, -0.05) is 6.08 Å². The van der Waals surface area contributed by atoms with Crippen LogP contribution in [0.15, 0.2) is 29.3 Å². The van der Waals surface area contributed by atoms with Gasteiger partial charge in [-0.25, -0.2) is 9.18 Å². The summed E-state index contributed by atoms with van der Waals surface area (Å²) < 4.78 is 20.8. The van der Waals surface area contributed by atoms with Gasteiger partial charge in [0.15, 0.2) is 0 Å². The van der Waals surface area contributed by atoms with Gasteiger partial charge < -0.3 is 31.5 Å². The first kappa shape index (κ1) is 16.4. The van der Waals surface area contributed by atoms with E-state index in [2.05, 4.69) is 4.98 Å². The molecule has 0 aliphatic carbocycles. The van der Waals surface area contributed by atoms with E-state index in [1.807, 2.05) is 0 Å². The Kier molecular flexibility index (Phi) is 4.20. The molecule has 0 amide bonds. The lowest BCUT2D eigenvalue weighted by atomic mass is 9.96. The number of halogens is 1. The molecule has 1 aromatic heterocycles. The highest BCUT2D eigenvalue weighted by Crippen LogP contribution is 2.46. The van der Waals surface area contributed by atoms with Crippen LogP contribution in [0.4, 0.5) is 10.2 Å². The maximum Gasteiger partial charge on any atom is 0.352 e. The first-order valence-corrected chi connectivity index (χ1v) is 6.40. The second kappa shape index (κ2) is 5.65. The van der Waals surface area contributed by atoms with Gasteiger partial charge in [-0.3, -0.25) is 4.57 Å². The average Bonchev–Trinajstić information content (AvgIpc) is 2.66. The largest absolute Gasteiger partial charge is 0.405 e. The summed E-state index contributed by atoms with van der Waals surface area (Å²) in [5.74, 6) is -3.48. The maximum absolute atomic E-state index is 14.8. The molecule has 1 fully saturated rings. The fourth-order valence-corrected chi connectivity index (χ4v) is 2.45. The number of aromatic nitrogens is 2. The Labute approximate surface area is 124 Å². The smallest absolute Gasteiger partial charge is 0.352 e. The highest BCUT2D eigenvalue weighted by molar-refractivity contribution is 5.24. The number of ether oxygens (including phenoxy) is 1. The highest BCUT2D eigenvalue weighted by Gasteiger charge is 2.67. The van der Waals surface area contributed by atoms with Crippen LogP contribution in [-0.2, 0) is 10.5 Å². The van der Waals surface area contributed by atoms with Crippen LogP contribution < -0.4 is 17.2 Å². The Morgan fingerprint density at radius 2 is 2.27 bits per heavy atom. The van der Waals surface area contributed by atoms with Crippen LogP contribution >= 0.6 is 0 Å². The molecule has 10 heteroatoms. The number of nitrogen functional groups attached to an aromatic ring is 1. The van der Waals surface area contributed by atoms with Crippen molar-refractivity contribution in [2.45, 2.75) is 30.2 Å². The zero-order valence-corrected chi connectivity index (χ0v) is 11.5. The number of aliphatic hydroxyl groups is 3. The molecular weight excluding hydrogens is 299 g/mol. The maximum atomic E-state index is 14.8. The summed E-state index contributed by atoms with van der Waals surface area (Å²) in [6.07, 6.45) is -0.532. The van der Waals surface area contributed by atoms with Gasteiger partial charge in [-0.2, -0.15) is 4.98 Å². The van der Waals surface area contributed by atoms with E-state index in [1.54, 1.807) is 0 Å². The Morgan fingerprint density at radius 1 is 1.59 bits per heavy atom. The van der Waals surface area contributed by atoms with Gasteiger partial charge >= 0.3 is 5.69 Å². The topological polar surface area (TPSA) is 157 Å². The lowest BCUT2D eigenvalue weighted by Crippen LogP contribution is -2.57. The molecule has 1 saturated heterocycles. The van der Waals surface area contributed by atoms with Crippen LogP contribution in [0.2, 0.25) is 0 Å². The van der Waals surface area contributed by atoms with Crippen molar-refractivity contribution in [3.05, 3.63) is 35.0 Å². The minimum atomic E-state index is -3.37. The molecule has 22 heavy (non-hydrogen) atoms. The van der Waals surface area contributed by atoms with Crippen LogP contribution in [0.3, 0.4) is 0 Å². The van der Waals surface area contributed by atoms with Crippen LogP contribution in [0.1, 0.15) is 6.42 Å². The summed E-state index contributed by atoms with van der Waals surface area (Å²) in [6, 6.07) is 1.20. The summed E-state index contributed by atoms with van der Waals surface area (Å²) in [7, 11) is 0. The van der Waals surface area contributed by atoms with Gasteiger partial charge in [0.1, 0.15) is 18.0 Å². The normalized spacial score (nSPS) is 35.3. The molecular formula is C12H17FN4O5. The van der Waals surface area contributed by atoms with Crippen molar-refractivity contribution in [1.82, 2.24) is 9.55 Å². The van der Waals surface area contributed by atoms with Crippen molar-refractivity contribution in [1.29, 1.82) is 0 Å². The summed E-state index contributed by atoms with van der Waals surface area (Å²) in [6.45, 7) is -0.765. The van der Waals surface area contributed by atoms with Gasteiger partial charge in [0.2, 0.25) is 5.72 Å². The van der Waals surface area contributed by atoms with Crippen molar-refractivity contribution in [3.63, 3.8) is 0 Å². The molecule has 0 saturated carbocycles. The highest BCUT2D eigenvalue weighted by atomic mass is 19.2. The number of nitrogens with zero attached hydrogens (tertiary/aromatic N) is 2. The number of aliphatic hydroxyl groups excluding tert-OH is 2. The second-order valence-electron chi connectivity index (χ2n) is 4.88. The first-order chi connectivity index (χ1) is 10.3. The Bertz CT molecular complexity index is 634. The summed E-state index contributed by atoms with van der Waals surface area (Å²) >= 11 is 0. The fourth-order valence-electron chi connectivity index (χ4n) is 2.45. The number of hydrogen-bond acceptors (Lipinski definition) is 8. The number of alkyl halides is 1. The average molecular weight is 316 g/mol. The van der Waals surface area contributed by atoms with Gasteiger partial charge in [0.25, 0.3) is 5.85 Å². The molecule has 4 atom stereocenters. The minimum Gasteiger partial charge on any atom is -0.405 e. The molecule has 0 aromatic carbocycles. The standard InChI is InChI=1S/C12H17FN4O5/c13-12(21)9(19)7(6-18)22-11(12,3-1-4-14)17-5-2-8(15)16-10(17)20/h1-2,4-5,7,9,18-19,21H,3,6,14H2,(H2,15,16,20)/t7-,9-,11-,12-/m1/s1. The third-order valence-corrected chi connectivity index (χ3v) is 3.56. The SMILES string of the molecule is NC=CC[C@@]1(n2ccc(N)nc2=O)O[C@H](CO)[C@@H](O)[C@]1(O)F. The van der Waals surface area contributed by atoms with E-state index in [-0.39, 0.29) is 5.82 Å². The number of hydrogen-bond donors (Lipinski definition) is 5. The molecule has 0 unspecified atom stereocenters. The van der Waals surface area contributed by atoms with Crippen molar-refractivity contribution in [2.24, 2.45) is 5.73 Å². The molecule has 7 N–H and O–H groups in total. The van der Waals surface area contributed by atoms with Crippen LogP contribution in [-0.4, -0.2) is 49.5 Å². The molecule has 1 aliphatic heterocycles. The van der Waals surface area contributed by atoms with Crippen molar-refractivity contribution < 1.29 is 24.4 Å². The van der Waals surface area contributed by atoms with Crippen molar-refractivity contribution >= 4 is 5.82 Å². The minimum absolute atomic E-state index is 0.106.